The number of piperazine rings is 1. The van der Waals surface area contributed by atoms with Crippen LogP contribution in [0, 0.1) is 10.1 Å². The van der Waals surface area contributed by atoms with E-state index in [1.54, 1.807) is 13.0 Å². The largest absolute Gasteiger partial charge is 0.371 e. The van der Waals surface area contributed by atoms with E-state index in [1.165, 1.54) is 12.1 Å². The molecule has 2 aliphatic rings. The molecule has 2 fully saturated rings. The van der Waals surface area contributed by atoms with E-state index >= 15 is 0 Å². The number of hydrogen-bond donors (Lipinski definition) is 2. The van der Waals surface area contributed by atoms with Gasteiger partial charge in [-0.05, 0) is 61.8 Å². The summed E-state index contributed by atoms with van der Waals surface area (Å²) in [7, 11) is 0. The van der Waals surface area contributed by atoms with Crippen LogP contribution in [0.25, 0.3) is 0 Å². The molecule has 0 saturated carbocycles. The van der Waals surface area contributed by atoms with E-state index in [0.29, 0.717) is 24.5 Å². The molecule has 2 aromatic carbocycles. The van der Waals surface area contributed by atoms with Gasteiger partial charge in [-0.3, -0.25) is 25.0 Å². The highest BCUT2D eigenvalue weighted by Crippen LogP contribution is 2.28. The minimum atomic E-state index is -0.505. The molecule has 0 bridgehead atoms. The summed E-state index contributed by atoms with van der Waals surface area (Å²) in [5.41, 5.74) is 2.52. The first-order valence-corrected chi connectivity index (χ1v) is 12.5. The van der Waals surface area contributed by atoms with Crippen molar-refractivity contribution in [3.05, 3.63) is 58.1 Å². The van der Waals surface area contributed by atoms with Gasteiger partial charge in [0.05, 0.1) is 16.2 Å². The van der Waals surface area contributed by atoms with Crippen LogP contribution in [0.4, 0.5) is 22.7 Å². The number of benzene rings is 2. The average molecular weight is 511 g/mol. The lowest BCUT2D eigenvalue weighted by Crippen LogP contribution is -2.48. The fourth-order valence-corrected chi connectivity index (χ4v) is 4.81. The third kappa shape index (κ3) is 6.09. The Hall–Kier alpha value is -3.73. The second-order valence-electron chi connectivity index (χ2n) is 8.95. The predicted molar refractivity (Wildman–Crippen MR) is 144 cm³/mol. The van der Waals surface area contributed by atoms with Crippen LogP contribution >= 0.6 is 12.2 Å². The van der Waals surface area contributed by atoms with Gasteiger partial charge in [-0.2, -0.15) is 0 Å². The molecule has 0 aliphatic carbocycles. The van der Waals surface area contributed by atoms with Crippen molar-refractivity contribution in [2.24, 2.45) is 0 Å². The Bertz CT molecular complexity index is 1140. The normalized spacial score (nSPS) is 15.9. The summed E-state index contributed by atoms with van der Waals surface area (Å²) < 4.78 is 0. The molecule has 2 heterocycles. The topological polar surface area (TPSA) is 111 Å². The van der Waals surface area contributed by atoms with E-state index in [-0.39, 0.29) is 22.3 Å². The number of carbonyl (C=O) groups is 2. The number of nitrogens with one attached hydrogen (secondary N) is 2. The third-order valence-corrected chi connectivity index (χ3v) is 6.78. The van der Waals surface area contributed by atoms with Crippen LogP contribution in [0.2, 0.25) is 0 Å². The summed E-state index contributed by atoms with van der Waals surface area (Å²) >= 11 is 5.35. The summed E-state index contributed by atoms with van der Waals surface area (Å²) in [5.74, 6) is -0.394. The molecule has 2 aliphatic heterocycles. The molecule has 0 spiro atoms. The average Bonchev–Trinajstić information content (AvgIpc) is 2.89. The molecule has 2 N–H and O–H groups in total. The lowest BCUT2D eigenvalue weighted by Gasteiger charge is -2.35. The quantitative estimate of drug-likeness (QED) is 0.358. The highest BCUT2D eigenvalue weighted by molar-refractivity contribution is 7.80. The maximum Gasteiger partial charge on any atom is 0.270 e. The minimum absolute atomic E-state index is 0.0953. The van der Waals surface area contributed by atoms with E-state index in [2.05, 4.69) is 20.4 Å². The number of hydrogen-bond acceptors (Lipinski definition) is 7. The van der Waals surface area contributed by atoms with Gasteiger partial charge in [-0.15, -0.1) is 0 Å². The van der Waals surface area contributed by atoms with Crippen molar-refractivity contribution in [1.29, 1.82) is 0 Å². The summed E-state index contributed by atoms with van der Waals surface area (Å²) in [5, 5.41) is 17.1. The first-order chi connectivity index (χ1) is 17.3. The fraction of sp³-hybridized carbons (Fsp3) is 0.400. The van der Waals surface area contributed by atoms with Gasteiger partial charge < -0.3 is 20.0 Å². The molecule has 0 unspecified atom stereocenters. The van der Waals surface area contributed by atoms with Crippen molar-refractivity contribution in [3.8, 4) is 0 Å². The van der Waals surface area contributed by atoms with Gasteiger partial charge in [-0.1, -0.05) is 0 Å². The van der Waals surface area contributed by atoms with Crippen molar-refractivity contribution < 1.29 is 14.5 Å². The monoisotopic (exact) mass is 510 g/mol. The number of rotatable bonds is 5. The standard InChI is InChI=1S/C25H30N6O4S/c1-18(32)28-13-15-29(16-14-28)20-7-5-19(6-8-20)26-25(36)27-24(33)22-17-21(31(34)35)9-10-23(22)30-11-3-2-4-12-30/h5-10,17H,2-4,11-16H2,1H3,(H2,26,27,33,36). The second-order valence-corrected chi connectivity index (χ2v) is 9.36. The zero-order valence-corrected chi connectivity index (χ0v) is 21.1. The molecule has 0 aromatic heterocycles. The first kappa shape index (κ1) is 25.4. The molecule has 0 radical (unpaired) electrons. The highest BCUT2D eigenvalue weighted by atomic mass is 32.1. The number of carbonyl (C=O) groups excluding carboxylic acids is 2. The van der Waals surface area contributed by atoms with Gasteiger partial charge in [0.2, 0.25) is 5.91 Å². The molecule has 2 aromatic rings. The molecule has 2 saturated heterocycles. The summed E-state index contributed by atoms with van der Waals surface area (Å²) in [6, 6.07) is 12.1. The third-order valence-electron chi connectivity index (χ3n) is 6.57. The van der Waals surface area contributed by atoms with Crippen molar-refractivity contribution >= 4 is 51.9 Å². The van der Waals surface area contributed by atoms with E-state index in [9.17, 15) is 19.7 Å². The smallest absolute Gasteiger partial charge is 0.270 e. The van der Waals surface area contributed by atoms with Crippen LogP contribution in [0.5, 0.6) is 0 Å². The lowest BCUT2D eigenvalue weighted by molar-refractivity contribution is -0.384. The van der Waals surface area contributed by atoms with Crippen LogP contribution in [0.1, 0.15) is 36.5 Å². The van der Waals surface area contributed by atoms with Gasteiger partial charge in [0.25, 0.3) is 11.6 Å². The van der Waals surface area contributed by atoms with Crippen molar-refractivity contribution in [2.45, 2.75) is 26.2 Å². The Morgan fingerprint density at radius 1 is 0.917 bits per heavy atom. The maximum absolute atomic E-state index is 13.1. The maximum atomic E-state index is 13.1. The zero-order valence-electron chi connectivity index (χ0n) is 20.2. The summed E-state index contributed by atoms with van der Waals surface area (Å²) in [4.78, 5) is 41.6. The predicted octanol–water partition coefficient (Wildman–Crippen LogP) is 3.38. The van der Waals surface area contributed by atoms with Gasteiger partial charge in [0, 0.05) is 69.7 Å². The number of thiocarbonyl (C=S) groups is 1. The number of nitro benzene ring substituents is 1. The van der Waals surface area contributed by atoms with Crippen LogP contribution in [-0.2, 0) is 4.79 Å². The molecule has 2 amide bonds. The first-order valence-electron chi connectivity index (χ1n) is 12.1. The van der Waals surface area contributed by atoms with Crippen molar-refractivity contribution in [3.63, 3.8) is 0 Å². The molecule has 4 rings (SSSR count). The Balaban J connectivity index is 1.39. The number of nitro groups is 1. The van der Waals surface area contributed by atoms with E-state index < -0.39 is 10.8 Å². The molecule has 10 nitrogen and oxygen atoms in total. The molecule has 0 atom stereocenters. The Kier molecular flexibility index (Phi) is 7.99. The van der Waals surface area contributed by atoms with E-state index in [1.807, 2.05) is 29.2 Å². The molecular formula is C25H30N6O4S. The summed E-state index contributed by atoms with van der Waals surface area (Å²) in [6.07, 6.45) is 3.16. The van der Waals surface area contributed by atoms with E-state index in [0.717, 1.165) is 51.1 Å². The number of piperidine rings is 1. The van der Waals surface area contributed by atoms with Crippen molar-refractivity contribution in [1.82, 2.24) is 10.2 Å². The Morgan fingerprint density at radius 3 is 2.19 bits per heavy atom. The zero-order chi connectivity index (χ0) is 25.7. The minimum Gasteiger partial charge on any atom is -0.371 e. The number of anilines is 3. The number of non-ortho nitro benzene ring substituents is 1. The molecule has 190 valence electrons. The van der Waals surface area contributed by atoms with Crippen LogP contribution < -0.4 is 20.4 Å². The fourth-order valence-electron chi connectivity index (χ4n) is 4.60. The Labute approximate surface area is 215 Å². The molecular weight excluding hydrogens is 480 g/mol. The van der Waals surface area contributed by atoms with Gasteiger partial charge in [0.15, 0.2) is 5.11 Å². The lowest BCUT2D eigenvalue weighted by atomic mass is 10.1. The number of nitrogens with zero attached hydrogens (tertiary/aromatic N) is 4. The SMILES string of the molecule is CC(=O)N1CCN(c2ccc(NC(=S)NC(=O)c3cc([N+](=O)[O-])ccc3N3CCCCC3)cc2)CC1. The van der Waals surface area contributed by atoms with Crippen LogP contribution in [0.15, 0.2) is 42.5 Å². The molecule has 36 heavy (non-hydrogen) atoms. The van der Waals surface area contributed by atoms with Gasteiger partial charge >= 0.3 is 0 Å². The molecule has 11 heteroatoms. The summed E-state index contributed by atoms with van der Waals surface area (Å²) in [6.45, 7) is 6.12. The number of amides is 2. The van der Waals surface area contributed by atoms with Gasteiger partial charge in [0.1, 0.15) is 0 Å². The van der Waals surface area contributed by atoms with Gasteiger partial charge in [-0.25, -0.2) is 0 Å². The van der Waals surface area contributed by atoms with Crippen LogP contribution in [-0.4, -0.2) is 66.0 Å². The van der Waals surface area contributed by atoms with E-state index in [4.69, 9.17) is 12.2 Å². The van der Waals surface area contributed by atoms with Crippen LogP contribution in [0.3, 0.4) is 0 Å². The van der Waals surface area contributed by atoms with Crippen molar-refractivity contribution in [2.75, 3.05) is 54.4 Å². The Morgan fingerprint density at radius 2 is 1.58 bits per heavy atom. The highest BCUT2D eigenvalue weighted by Gasteiger charge is 2.23. The second kappa shape index (κ2) is 11.3.